The Morgan fingerprint density at radius 3 is 2.90 bits per heavy atom. The standard InChI is InChI=1S/C11H10N6O2S/c1-17-11(15-8(18)9(19)16-17)20-10-13-6-3-2-5(12)4-7(6)14-10/h2-4H,12H2,1H3,(H,13,14)(H,16,19). The van der Waals surface area contributed by atoms with Gasteiger partial charge in [-0.25, -0.2) is 4.98 Å². The summed E-state index contributed by atoms with van der Waals surface area (Å²) in [6.07, 6.45) is 0. The molecule has 3 aromatic rings. The minimum absolute atomic E-state index is 0.335. The molecule has 0 spiro atoms. The van der Waals surface area contributed by atoms with Gasteiger partial charge in [-0.05, 0) is 30.0 Å². The Bertz CT molecular complexity index is 909. The van der Waals surface area contributed by atoms with Gasteiger partial charge in [-0.1, -0.05) is 0 Å². The summed E-state index contributed by atoms with van der Waals surface area (Å²) < 4.78 is 1.37. The summed E-state index contributed by atoms with van der Waals surface area (Å²) in [6, 6.07) is 5.32. The Hall–Kier alpha value is -2.55. The van der Waals surface area contributed by atoms with Crippen LogP contribution in [0.4, 0.5) is 5.69 Å². The van der Waals surface area contributed by atoms with Crippen molar-refractivity contribution in [1.82, 2.24) is 24.7 Å². The minimum atomic E-state index is -0.828. The van der Waals surface area contributed by atoms with Gasteiger partial charge in [0, 0.05) is 12.7 Å². The number of anilines is 1. The summed E-state index contributed by atoms with van der Waals surface area (Å²) in [5.74, 6) is 0. The first-order chi connectivity index (χ1) is 9.52. The van der Waals surface area contributed by atoms with E-state index in [1.165, 1.54) is 4.68 Å². The molecule has 0 aliphatic carbocycles. The number of benzene rings is 1. The molecule has 0 saturated heterocycles. The molecule has 0 unspecified atom stereocenters. The van der Waals surface area contributed by atoms with Gasteiger partial charge in [0.1, 0.15) is 0 Å². The van der Waals surface area contributed by atoms with Crippen LogP contribution in [-0.4, -0.2) is 24.7 Å². The number of nitrogens with zero attached hydrogens (tertiary/aromatic N) is 3. The Balaban J connectivity index is 2.03. The third kappa shape index (κ3) is 2.18. The van der Waals surface area contributed by atoms with E-state index in [0.29, 0.717) is 16.0 Å². The Morgan fingerprint density at radius 2 is 2.10 bits per heavy atom. The van der Waals surface area contributed by atoms with Gasteiger partial charge in [-0.2, -0.15) is 4.98 Å². The lowest BCUT2D eigenvalue weighted by Crippen LogP contribution is -2.33. The van der Waals surface area contributed by atoms with Crippen molar-refractivity contribution in [2.45, 2.75) is 10.3 Å². The van der Waals surface area contributed by atoms with Gasteiger partial charge in [0.15, 0.2) is 10.3 Å². The summed E-state index contributed by atoms with van der Waals surface area (Å²) in [4.78, 5) is 33.5. The van der Waals surface area contributed by atoms with Crippen LogP contribution >= 0.6 is 11.8 Å². The molecule has 4 N–H and O–H groups in total. The number of aromatic amines is 2. The fourth-order valence-corrected chi connectivity index (χ4v) is 2.48. The van der Waals surface area contributed by atoms with Crippen LogP contribution in [0.1, 0.15) is 0 Å². The maximum Gasteiger partial charge on any atom is 0.339 e. The first kappa shape index (κ1) is 12.5. The number of aromatic nitrogens is 5. The van der Waals surface area contributed by atoms with Crippen LogP contribution < -0.4 is 16.9 Å². The van der Waals surface area contributed by atoms with E-state index < -0.39 is 11.1 Å². The molecule has 2 heterocycles. The summed E-state index contributed by atoms with van der Waals surface area (Å²) in [6.45, 7) is 0. The lowest BCUT2D eigenvalue weighted by molar-refractivity contribution is 0.595. The van der Waals surface area contributed by atoms with E-state index in [9.17, 15) is 9.59 Å². The molecule has 2 aromatic heterocycles. The molecule has 20 heavy (non-hydrogen) atoms. The second-order valence-electron chi connectivity index (χ2n) is 4.12. The highest BCUT2D eigenvalue weighted by atomic mass is 32.2. The van der Waals surface area contributed by atoms with Crippen molar-refractivity contribution in [3.05, 3.63) is 38.9 Å². The van der Waals surface area contributed by atoms with Gasteiger partial charge < -0.3 is 10.7 Å². The Morgan fingerprint density at radius 1 is 1.30 bits per heavy atom. The second kappa shape index (κ2) is 4.53. The van der Waals surface area contributed by atoms with E-state index in [2.05, 4.69) is 20.1 Å². The predicted octanol–water partition coefficient (Wildman–Crippen LogP) is 0.0783. The molecule has 0 amide bonds. The van der Waals surface area contributed by atoms with Gasteiger partial charge in [-0.15, -0.1) is 0 Å². The van der Waals surface area contributed by atoms with Gasteiger partial charge >= 0.3 is 11.1 Å². The van der Waals surface area contributed by atoms with Crippen molar-refractivity contribution in [2.75, 3.05) is 5.73 Å². The zero-order valence-electron chi connectivity index (χ0n) is 10.4. The van der Waals surface area contributed by atoms with Gasteiger partial charge in [0.05, 0.1) is 11.0 Å². The number of hydrogen-bond donors (Lipinski definition) is 3. The van der Waals surface area contributed by atoms with Crippen LogP contribution in [0, 0.1) is 0 Å². The number of nitrogen functional groups attached to an aromatic ring is 1. The van der Waals surface area contributed by atoms with Crippen LogP contribution in [0.3, 0.4) is 0 Å². The SMILES string of the molecule is Cn1[nH]c(=O)c(=O)nc1Sc1nc2ccc(N)cc2[nH]1. The topological polar surface area (TPSA) is 122 Å². The number of fused-ring (bicyclic) bond motifs is 1. The van der Waals surface area contributed by atoms with E-state index >= 15 is 0 Å². The van der Waals surface area contributed by atoms with Gasteiger partial charge in [0.25, 0.3) is 0 Å². The summed E-state index contributed by atoms with van der Waals surface area (Å²) in [7, 11) is 1.59. The lowest BCUT2D eigenvalue weighted by Gasteiger charge is -2.02. The van der Waals surface area contributed by atoms with Crippen molar-refractivity contribution >= 4 is 28.5 Å². The van der Waals surface area contributed by atoms with Crippen molar-refractivity contribution in [1.29, 1.82) is 0 Å². The molecule has 0 radical (unpaired) electrons. The summed E-state index contributed by atoms with van der Waals surface area (Å²) >= 11 is 1.14. The van der Waals surface area contributed by atoms with Crippen molar-refractivity contribution in [2.24, 2.45) is 7.05 Å². The molecule has 0 aliphatic rings. The number of rotatable bonds is 2. The average Bonchev–Trinajstić information content (AvgIpc) is 2.77. The number of H-pyrrole nitrogens is 2. The summed E-state index contributed by atoms with van der Waals surface area (Å²) in [5, 5.41) is 3.26. The summed E-state index contributed by atoms with van der Waals surface area (Å²) in [5.41, 5.74) is 6.30. The number of hydrogen-bond acceptors (Lipinski definition) is 6. The monoisotopic (exact) mass is 290 g/mol. The van der Waals surface area contributed by atoms with E-state index in [-0.39, 0.29) is 0 Å². The maximum atomic E-state index is 11.3. The maximum absolute atomic E-state index is 11.3. The third-order valence-corrected chi connectivity index (χ3v) is 3.55. The lowest BCUT2D eigenvalue weighted by atomic mass is 10.3. The van der Waals surface area contributed by atoms with Crippen molar-refractivity contribution < 1.29 is 0 Å². The van der Waals surface area contributed by atoms with Crippen molar-refractivity contribution in [3.63, 3.8) is 0 Å². The number of nitrogens with two attached hydrogens (primary N) is 1. The van der Waals surface area contributed by atoms with Crippen molar-refractivity contribution in [3.8, 4) is 0 Å². The number of imidazole rings is 1. The van der Waals surface area contributed by atoms with Crippen LogP contribution in [0.5, 0.6) is 0 Å². The molecule has 0 fully saturated rings. The Kier molecular flexibility index (Phi) is 2.83. The molecule has 0 bridgehead atoms. The molecule has 3 rings (SSSR count). The molecular formula is C11H10N6O2S. The number of nitrogens with one attached hydrogen (secondary N) is 2. The Labute approximate surface area is 116 Å². The van der Waals surface area contributed by atoms with Crippen LogP contribution in [-0.2, 0) is 7.05 Å². The third-order valence-electron chi connectivity index (χ3n) is 2.62. The quantitative estimate of drug-likeness (QED) is 0.453. The molecular weight excluding hydrogens is 280 g/mol. The smallest absolute Gasteiger partial charge is 0.339 e. The molecule has 8 nitrogen and oxygen atoms in total. The van der Waals surface area contributed by atoms with Crippen LogP contribution in [0.25, 0.3) is 11.0 Å². The van der Waals surface area contributed by atoms with Gasteiger partial charge in [-0.3, -0.25) is 19.4 Å². The largest absolute Gasteiger partial charge is 0.399 e. The van der Waals surface area contributed by atoms with Crippen LogP contribution in [0.15, 0.2) is 38.1 Å². The highest BCUT2D eigenvalue weighted by Gasteiger charge is 2.10. The first-order valence-corrected chi connectivity index (χ1v) is 6.45. The highest BCUT2D eigenvalue weighted by molar-refractivity contribution is 7.99. The molecule has 0 saturated carbocycles. The average molecular weight is 290 g/mol. The van der Waals surface area contributed by atoms with E-state index in [1.54, 1.807) is 25.2 Å². The molecule has 9 heteroatoms. The predicted molar refractivity (Wildman–Crippen MR) is 74.7 cm³/mol. The fraction of sp³-hybridized carbons (Fsp3) is 0.0909. The molecule has 1 aromatic carbocycles. The van der Waals surface area contributed by atoms with E-state index in [4.69, 9.17) is 5.73 Å². The molecule has 0 atom stereocenters. The van der Waals surface area contributed by atoms with Gasteiger partial charge in [0.2, 0.25) is 0 Å². The number of aryl methyl sites for hydroxylation is 1. The fourth-order valence-electron chi connectivity index (χ4n) is 1.69. The van der Waals surface area contributed by atoms with Crippen LogP contribution in [0.2, 0.25) is 0 Å². The highest BCUT2D eigenvalue weighted by Crippen LogP contribution is 2.24. The van der Waals surface area contributed by atoms with E-state index in [1.807, 2.05) is 0 Å². The van der Waals surface area contributed by atoms with E-state index in [0.717, 1.165) is 22.8 Å². The first-order valence-electron chi connectivity index (χ1n) is 5.63. The second-order valence-corrected chi connectivity index (χ2v) is 5.08. The molecule has 102 valence electrons. The zero-order valence-corrected chi connectivity index (χ0v) is 11.2. The zero-order chi connectivity index (χ0) is 14.3. The minimum Gasteiger partial charge on any atom is -0.399 e. The normalized spacial score (nSPS) is 11.1. The molecule has 0 aliphatic heterocycles.